The summed E-state index contributed by atoms with van der Waals surface area (Å²) in [5, 5.41) is 22.8. The van der Waals surface area contributed by atoms with Crippen LogP contribution >= 0.6 is 0 Å². The molecule has 2 aromatic heterocycles. The van der Waals surface area contributed by atoms with Crippen LogP contribution in [0.4, 0.5) is 21.6 Å². The third-order valence-corrected chi connectivity index (χ3v) is 6.95. The number of nitrogens with zero attached hydrogens (tertiary/aromatic N) is 5. The lowest BCUT2D eigenvalue weighted by atomic mass is 10.1. The van der Waals surface area contributed by atoms with Gasteiger partial charge < -0.3 is 20.2 Å². The molecule has 1 fully saturated rings. The smallest absolute Gasteiger partial charge is 0.337 e. The van der Waals surface area contributed by atoms with Crippen LogP contribution in [0.15, 0.2) is 65.6 Å². The number of aryl methyl sites for hydroxylation is 1. The lowest BCUT2D eigenvalue weighted by Crippen LogP contribution is -2.47. The number of aromatic nitrogens is 2. The van der Waals surface area contributed by atoms with Crippen molar-refractivity contribution in [2.24, 2.45) is 0 Å². The molecule has 4 aromatic rings. The first kappa shape index (κ1) is 25.7. The van der Waals surface area contributed by atoms with Gasteiger partial charge in [-0.3, -0.25) is 9.20 Å². The Balaban J connectivity index is 1.52. The first-order valence-electron chi connectivity index (χ1n) is 12.6. The molecular weight excluding hydrogens is 499 g/mol. The number of nitriles is 1. The van der Waals surface area contributed by atoms with E-state index in [-0.39, 0.29) is 16.9 Å². The minimum absolute atomic E-state index is 0.0314. The number of halogens is 1. The van der Waals surface area contributed by atoms with Crippen molar-refractivity contribution >= 4 is 28.8 Å². The van der Waals surface area contributed by atoms with Gasteiger partial charge in [0.1, 0.15) is 17.5 Å². The van der Waals surface area contributed by atoms with E-state index in [1.807, 2.05) is 24.8 Å². The van der Waals surface area contributed by atoms with Gasteiger partial charge in [-0.15, -0.1) is 0 Å². The van der Waals surface area contributed by atoms with Gasteiger partial charge in [0.25, 0.3) is 5.56 Å². The highest BCUT2D eigenvalue weighted by Crippen LogP contribution is 2.28. The number of fused-ring (bicyclic) bond motifs is 1. The van der Waals surface area contributed by atoms with Gasteiger partial charge in [-0.1, -0.05) is 12.1 Å². The number of nitrogens with one attached hydrogen (secondary N) is 1. The van der Waals surface area contributed by atoms with E-state index in [0.717, 1.165) is 11.3 Å². The van der Waals surface area contributed by atoms with Gasteiger partial charge in [-0.05, 0) is 61.9 Å². The van der Waals surface area contributed by atoms with Crippen LogP contribution in [0.25, 0.3) is 5.65 Å². The first-order chi connectivity index (χ1) is 18.8. The molecule has 0 radical (unpaired) electrons. The van der Waals surface area contributed by atoms with Gasteiger partial charge in [0.15, 0.2) is 11.4 Å². The quantitative estimate of drug-likeness (QED) is 0.384. The fourth-order valence-electron chi connectivity index (χ4n) is 4.98. The molecule has 39 heavy (non-hydrogen) atoms. The highest BCUT2D eigenvalue weighted by molar-refractivity contribution is 5.94. The number of para-hydroxylation sites is 1. The van der Waals surface area contributed by atoms with E-state index in [1.54, 1.807) is 36.5 Å². The van der Waals surface area contributed by atoms with Gasteiger partial charge in [0.05, 0.1) is 11.6 Å². The largest absolute Gasteiger partial charge is 0.478 e. The van der Waals surface area contributed by atoms with Crippen molar-refractivity contribution in [1.82, 2.24) is 9.38 Å². The molecule has 9 nitrogen and oxygen atoms in total. The molecule has 1 atom stereocenters. The maximum atomic E-state index is 13.5. The second-order valence-electron chi connectivity index (χ2n) is 9.56. The summed E-state index contributed by atoms with van der Waals surface area (Å²) in [7, 11) is 0. The number of aromatic carboxylic acids is 1. The number of hydrogen-bond acceptors (Lipinski definition) is 7. The van der Waals surface area contributed by atoms with Gasteiger partial charge in [0.2, 0.25) is 0 Å². The Bertz CT molecular complexity index is 1650. The molecule has 1 saturated heterocycles. The summed E-state index contributed by atoms with van der Waals surface area (Å²) >= 11 is 0. The third-order valence-electron chi connectivity index (χ3n) is 6.95. The molecule has 5 rings (SSSR count). The average Bonchev–Trinajstić information content (AvgIpc) is 2.93. The lowest BCUT2D eigenvalue weighted by Gasteiger charge is -2.37. The zero-order valence-corrected chi connectivity index (χ0v) is 21.6. The van der Waals surface area contributed by atoms with Crippen LogP contribution in [-0.2, 0) is 0 Å². The van der Waals surface area contributed by atoms with Crippen LogP contribution in [0.3, 0.4) is 0 Å². The molecule has 0 aliphatic carbocycles. The average molecular weight is 527 g/mol. The summed E-state index contributed by atoms with van der Waals surface area (Å²) in [4.78, 5) is 34.1. The zero-order valence-electron chi connectivity index (χ0n) is 21.6. The van der Waals surface area contributed by atoms with E-state index in [1.165, 1.54) is 22.6 Å². The van der Waals surface area contributed by atoms with E-state index in [2.05, 4.69) is 16.3 Å². The second-order valence-corrected chi connectivity index (χ2v) is 9.56. The van der Waals surface area contributed by atoms with Crippen molar-refractivity contribution in [3.63, 3.8) is 0 Å². The topological polar surface area (TPSA) is 114 Å². The molecule has 3 heterocycles. The second kappa shape index (κ2) is 10.5. The molecule has 2 aromatic carbocycles. The number of hydrogen-bond donors (Lipinski definition) is 2. The number of carbonyl (C=O) groups is 1. The van der Waals surface area contributed by atoms with E-state index in [4.69, 9.17) is 4.98 Å². The van der Waals surface area contributed by atoms with Gasteiger partial charge in [-0.25, -0.2) is 14.2 Å². The first-order valence-corrected chi connectivity index (χ1v) is 12.6. The minimum Gasteiger partial charge on any atom is -0.478 e. The SMILES string of the molecule is Cc1cc([C@@H](C)Nc2ccccc2C(=O)O)c2nc(N3CCN(c4ccc(F)cc4)CC3)c(C#N)c(=O)n2c1. The minimum atomic E-state index is -1.05. The summed E-state index contributed by atoms with van der Waals surface area (Å²) in [6, 6.07) is 16.5. The van der Waals surface area contributed by atoms with Crippen molar-refractivity contribution in [2.75, 3.05) is 41.3 Å². The summed E-state index contributed by atoms with van der Waals surface area (Å²) in [5.41, 5.74) is 2.89. The molecule has 1 aliphatic heterocycles. The zero-order chi connectivity index (χ0) is 27.7. The van der Waals surface area contributed by atoms with Gasteiger partial charge in [-0.2, -0.15) is 5.26 Å². The van der Waals surface area contributed by atoms with Crippen LogP contribution in [0.5, 0.6) is 0 Å². The van der Waals surface area contributed by atoms with Gasteiger partial charge in [0, 0.05) is 49.3 Å². The van der Waals surface area contributed by atoms with Crippen molar-refractivity contribution in [2.45, 2.75) is 19.9 Å². The summed E-state index contributed by atoms with van der Waals surface area (Å²) < 4.78 is 14.7. The molecular formula is C29H27FN6O3. The summed E-state index contributed by atoms with van der Waals surface area (Å²) in [6.45, 7) is 6.00. The number of anilines is 3. The highest BCUT2D eigenvalue weighted by Gasteiger charge is 2.25. The standard InChI is InChI=1S/C29H27FN6O3/c1-18-15-23(19(2)32-25-6-4-3-5-22(25)29(38)39)27-33-26(24(16-31)28(37)36(27)17-18)35-13-11-34(12-14-35)21-9-7-20(30)8-10-21/h3-10,15,17,19,32H,11-14H2,1-2H3,(H,38,39)/t19-/m1/s1. The monoisotopic (exact) mass is 526 g/mol. The Morgan fingerprint density at radius 1 is 1.10 bits per heavy atom. The van der Waals surface area contributed by atoms with E-state index in [0.29, 0.717) is 48.9 Å². The molecule has 10 heteroatoms. The van der Waals surface area contributed by atoms with E-state index >= 15 is 0 Å². The lowest BCUT2D eigenvalue weighted by molar-refractivity contribution is 0.0698. The molecule has 0 spiro atoms. The van der Waals surface area contributed by atoms with E-state index in [9.17, 15) is 24.3 Å². The number of carboxylic acid groups (broad SMARTS) is 1. The highest BCUT2D eigenvalue weighted by atomic mass is 19.1. The van der Waals surface area contributed by atoms with E-state index < -0.39 is 17.6 Å². The number of piperazine rings is 1. The Morgan fingerprint density at radius 3 is 2.44 bits per heavy atom. The Morgan fingerprint density at radius 2 is 1.77 bits per heavy atom. The maximum absolute atomic E-state index is 13.5. The van der Waals surface area contributed by atoms with Crippen LogP contribution < -0.4 is 20.7 Å². The summed E-state index contributed by atoms with van der Waals surface area (Å²) in [6.07, 6.45) is 1.66. The number of pyridine rings is 1. The molecule has 0 bridgehead atoms. The number of carboxylic acids is 1. The molecule has 0 unspecified atom stereocenters. The Labute approximate surface area is 224 Å². The van der Waals surface area contributed by atoms with Crippen LogP contribution in [0.2, 0.25) is 0 Å². The summed E-state index contributed by atoms with van der Waals surface area (Å²) in [5.74, 6) is -1.02. The van der Waals surface area contributed by atoms with Crippen LogP contribution in [-0.4, -0.2) is 46.6 Å². The van der Waals surface area contributed by atoms with Crippen molar-refractivity contribution in [1.29, 1.82) is 5.26 Å². The molecule has 1 aliphatic rings. The molecule has 0 amide bonds. The molecule has 0 saturated carbocycles. The maximum Gasteiger partial charge on any atom is 0.337 e. The van der Waals surface area contributed by atoms with Crippen molar-refractivity contribution < 1.29 is 14.3 Å². The number of benzene rings is 2. The van der Waals surface area contributed by atoms with Crippen molar-refractivity contribution in [3.05, 3.63) is 99.2 Å². The van der Waals surface area contributed by atoms with Crippen molar-refractivity contribution in [3.8, 4) is 6.07 Å². The number of rotatable bonds is 6. The fourth-order valence-corrected chi connectivity index (χ4v) is 4.98. The predicted molar refractivity (Wildman–Crippen MR) is 147 cm³/mol. The van der Waals surface area contributed by atoms with Gasteiger partial charge >= 0.3 is 5.97 Å². The Hall–Kier alpha value is -4.91. The van der Waals surface area contributed by atoms with Crippen LogP contribution in [0.1, 0.15) is 40.0 Å². The predicted octanol–water partition coefficient (Wildman–Crippen LogP) is 4.21. The molecule has 2 N–H and O–H groups in total. The fraction of sp³-hybridized carbons (Fsp3) is 0.241. The molecule has 198 valence electrons. The normalized spacial score (nSPS) is 14.2. The van der Waals surface area contributed by atoms with Crippen LogP contribution in [0, 0.1) is 24.1 Å². The Kier molecular flexibility index (Phi) is 6.90. The third kappa shape index (κ3) is 4.99.